The van der Waals surface area contributed by atoms with Crippen LogP contribution < -0.4 is 4.90 Å². The molecule has 1 amide bonds. The molecule has 30 heavy (non-hydrogen) atoms. The fourth-order valence-corrected chi connectivity index (χ4v) is 5.49. The van der Waals surface area contributed by atoms with Crippen LogP contribution in [0.2, 0.25) is 0 Å². The smallest absolute Gasteiger partial charge is 0.243 e. The van der Waals surface area contributed by atoms with Gasteiger partial charge in [-0.3, -0.25) is 4.79 Å². The van der Waals surface area contributed by atoms with Gasteiger partial charge in [0.1, 0.15) is 5.82 Å². The van der Waals surface area contributed by atoms with Gasteiger partial charge in [0.05, 0.1) is 11.4 Å². The number of benzene rings is 2. The molecule has 3 rings (SSSR count). The van der Waals surface area contributed by atoms with E-state index < -0.39 is 10.0 Å². The van der Waals surface area contributed by atoms with Crippen molar-refractivity contribution < 1.29 is 17.6 Å². The molecule has 162 valence electrons. The summed E-state index contributed by atoms with van der Waals surface area (Å²) in [6.07, 6.45) is 0. The number of amides is 1. The summed E-state index contributed by atoms with van der Waals surface area (Å²) in [6.45, 7) is 7.49. The maximum Gasteiger partial charge on any atom is 0.243 e. The molecule has 0 saturated carbocycles. The van der Waals surface area contributed by atoms with Gasteiger partial charge in [-0.1, -0.05) is 17.7 Å². The summed E-state index contributed by atoms with van der Waals surface area (Å²) in [5.41, 5.74) is 3.27. The number of aryl methyl sites for hydroxylation is 3. The molecule has 1 aliphatic heterocycles. The van der Waals surface area contributed by atoms with Crippen LogP contribution in [-0.2, 0) is 14.8 Å². The highest BCUT2D eigenvalue weighted by atomic mass is 32.2. The molecule has 2 aromatic rings. The van der Waals surface area contributed by atoms with Gasteiger partial charge in [-0.25, -0.2) is 12.8 Å². The van der Waals surface area contributed by atoms with Gasteiger partial charge in [0.2, 0.25) is 15.9 Å². The zero-order valence-corrected chi connectivity index (χ0v) is 18.7. The summed E-state index contributed by atoms with van der Waals surface area (Å²) >= 11 is 0. The third-order valence-corrected chi connectivity index (χ3v) is 7.56. The molecule has 2 aromatic carbocycles. The molecule has 0 bridgehead atoms. The number of sulfonamides is 1. The molecule has 8 heteroatoms. The van der Waals surface area contributed by atoms with Crippen LogP contribution in [0.25, 0.3) is 0 Å². The molecule has 0 unspecified atom stereocenters. The van der Waals surface area contributed by atoms with Gasteiger partial charge >= 0.3 is 0 Å². The van der Waals surface area contributed by atoms with E-state index in [9.17, 15) is 17.6 Å². The monoisotopic (exact) mass is 433 g/mol. The fourth-order valence-electron chi connectivity index (χ4n) is 3.97. The third kappa shape index (κ3) is 4.65. The molecular weight excluding hydrogens is 405 g/mol. The van der Waals surface area contributed by atoms with Gasteiger partial charge in [0, 0.05) is 38.9 Å². The van der Waals surface area contributed by atoms with Gasteiger partial charge in [0.15, 0.2) is 0 Å². The van der Waals surface area contributed by atoms with E-state index in [-0.39, 0.29) is 23.2 Å². The lowest BCUT2D eigenvalue weighted by Gasteiger charge is -2.36. The Hall–Kier alpha value is -2.45. The van der Waals surface area contributed by atoms with Gasteiger partial charge < -0.3 is 9.80 Å². The number of hydrogen-bond donors (Lipinski definition) is 0. The first-order chi connectivity index (χ1) is 14.1. The minimum atomic E-state index is -3.77. The average molecular weight is 434 g/mol. The lowest BCUT2D eigenvalue weighted by Crippen LogP contribution is -2.51. The first-order valence-corrected chi connectivity index (χ1v) is 11.4. The van der Waals surface area contributed by atoms with Crippen LogP contribution in [0.15, 0.2) is 41.3 Å². The minimum Gasteiger partial charge on any atom is -0.368 e. The van der Waals surface area contributed by atoms with Crippen molar-refractivity contribution in [3.8, 4) is 0 Å². The van der Waals surface area contributed by atoms with Crippen LogP contribution in [0, 0.1) is 26.6 Å². The molecule has 0 radical (unpaired) electrons. The van der Waals surface area contributed by atoms with E-state index in [1.807, 2.05) is 19.1 Å². The first kappa shape index (κ1) is 22.2. The van der Waals surface area contributed by atoms with Gasteiger partial charge in [-0.05, 0) is 56.2 Å². The summed E-state index contributed by atoms with van der Waals surface area (Å²) < 4.78 is 40.4. The fraction of sp³-hybridized carbons (Fsp3) is 0.409. The molecule has 1 saturated heterocycles. The summed E-state index contributed by atoms with van der Waals surface area (Å²) in [6, 6.07) is 9.96. The Kier molecular flexibility index (Phi) is 6.47. The SMILES string of the molecule is Cc1cc(C)c(S(=O)(=O)N(C)CC(=O)N2CCN(c3ccc(F)cc3)CC2)c(C)c1. The van der Waals surface area contributed by atoms with Crippen molar-refractivity contribution in [2.24, 2.45) is 0 Å². The molecule has 0 spiro atoms. The first-order valence-electron chi connectivity index (χ1n) is 9.92. The molecule has 0 aromatic heterocycles. The number of likely N-dealkylation sites (N-methyl/N-ethyl adjacent to an activating group) is 1. The summed E-state index contributed by atoms with van der Waals surface area (Å²) in [5, 5.41) is 0. The number of hydrogen-bond acceptors (Lipinski definition) is 4. The quantitative estimate of drug-likeness (QED) is 0.728. The summed E-state index contributed by atoms with van der Waals surface area (Å²) in [7, 11) is -2.32. The van der Waals surface area contributed by atoms with E-state index in [2.05, 4.69) is 4.90 Å². The molecule has 0 atom stereocenters. The third-order valence-electron chi connectivity index (χ3n) is 5.46. The lowest BCUT2D eigenvalue weighted by atomic mass is 10.1. The van der Waals surface area contributed by atoms with Crippen LogP contribution in [0.3, 0.4) is 0 Å². The van der Waals surface area contributed by atoms with Crippen LogP contribution in [0.4, 0.5) is 10.1 Å². The normalized spacial score (nSPS) is 15.0. The van der Waals surface area contributed by atoms with Crippen molar-refractivity contribution in [2.45, 2.75) is 25.7 Å². The highest BCUT2D eigenvalue weighted by Crippen LogP contribution is 2.25. The van der Waals surface area contributed by atoms with Crippen molar-refractivity contribution in [2.75, 3.05) is 44.7 Å². The highest BCUT2D eigenvalue weighted by molar-refractivity contribution is 7.89. The zero-order chi connectivity index (χ0) is 22.1. The second kappa shape index (κ2) is 8.73. The van der Waals surface area contributed by atoms with Crippen molar-refractivity contribution in [3.63, 3.8) is 0 Å². The van der Waals surface area contributed by atoms with E-state index in [0.717, 1.165) is 15.6 Å². The summed E-state index contributed by atoms with van der Waals surface area (Å²) in [4.78, 5) is 16.8. The predicted molar refractivity (Wildman–Crippen MR) is 116 cm³/mol. The number of rotatable bonds is 5. The lowest BCUT2D eigenvalue weighted by molar-refractivity contribution is -0.131. The summed E-state index contributed by atoms with van der Waals surface area (Å²) in [5.74, 6) is -0.502. The number of halogens is 1. The van der Waals surface area contributed by atoms with E-state index in [1.54, 1.807) is 30.9 Å². The molecule has 0 N–H and O–H groups in total. The second-order valence-corrected chi connectivity index (χ2v) is 9.81. The molecular formula is C22H28FN3O3S. The van der Waals surface area contributed by atoms with E-state index >= 15 is 0 Å². The highest BCUT2D eigenvalue weighted by Gasteiger charge is 2.29. The molecule has 1 aliphatic rings. The zero-order valence-electron chi connectivity index (χ0n) is 17.9. The Morgan fingerprint density at radius 3 is 2.07 bits per heavy atom. The molecule has 1 fully saturated rings. The van der Waals surface area contributed by atoms with Gasteiger partial charge in [0.25, 0.3) is 0 Å². The van der Waals surface area contributed by atoms with E-state index in [1.165, 1.54) is 19.2 Å². The topological polar surface area (TPSA) is 60.9 Å². The largest absolute Gasteiger partial charge is 0.368 e. The van der Waals surface area contributed by atoms with Crippen molar-refractivity contribution in [3.05, 3.63) is 58.9 Å². The Bertz CT molecular complexity index is 1010. The van der Waals surface area contributed by atoms with E-state index in [4.69, 9.17) is 0 Å². The Labute approximate surface area is 177 Å². The molecule has 1 heterocycles. The number of carbonyl (C=O) groups excluding carboxylic acids is 1. The number of nitrogens with zero attached hydrogens (tertiary/aromatic N) is 3. The van der Waals surface area contributed by atoms with Crippen LogP contribution in [0.5, 0.6) is 0 Å². The average Bonchev–Trinajstić information content (AvgIpc) is 2.67. The van der Waals surface area contributed by atoms with Crippen LogP contribution in [0.1, 0.15) is 16.7 Å². The second-order valence-electron chi connectivity index (χ2n) is 7.83. The molecule has 0 aliphatic carbocycles. The predicted octanol–water partition coefficient (Wildman–Crippen LogP) is 2.72. The standard InChI is InChI=1S/C22H28FN3O3S/c1-16-13-17(2)22(18(3)14-16)30(28,29)24(4)15-21(27)26-11-9-25(10-12-26)20-7-5-19(23)6-8-20/h5-8,13-14H,9-12,15H2,1-4H3. The number of piperazine rings is 1. The van der Waals surface area contributed by atoms with Crippen molar-refractivity contribution in [1.82, 2.24) is 9.21 Å². The molecule has 6 nitrogen and oxygen atoms in total. The van der Waals surface area contributed by atoms with Crippen LogP contribution >= 0.6 is 0 Å². The Balaban J connectivity index is 1.64. The Morgan fingerprint density at radius 1 is 1.00 bits per heavy atom. The van der Waals surface area contributed by atoms with Gasteiger partial charge in [-0.2, -0.15) is 4.31 Å². The number of carbonyl (C=O) groups is 1. The Morgan fingerprint density at radius 2 is 1.53 bits per heavy atom. The van der Waals surface area contributed by atoms with Crippen LogP contribution in [-0.4, -0.2) is 63.3 Å². The minimum absolute atomic E-state index is 0.203. The van der Waals surface area contributed by atoms with E-state index in [0.29, 0.717) is 37.3 Å². The maximum atomic E-state index is 13.1. The van der Waals surface area contributed by atoms with Gasteiger partial charge in [-0.15, -0.1) is 0 Å². The van der Waals surface area contributed by atoms with Crippen molar-refractivity contribution >= 4 is 21.6 Å². The maximum absolute atomic E-state index is 13.1. The van der Waals surface area contributed by atoms with Crippen molar-refractivity contribution in [1.29, 1.82) is 0 Å². The number of anilines is 1.